The van der Waals surface area contributed by atoms with E-state index in [1.54, 1.807) is 30.3 Å². The van der Waals surface area contributed by atoms with Crippen LogP contribution in [0.1, 0.15) is 15.3 Å². The van der Waals surface area contributed by atoms with E-state index >= 15 is 0 Å². The summed E-state index contributed by atoms with van der Waals surface area (Å²) in [5.74, 6) is -0.277. The second-order valence-electron chi connectivity index (χ2n) is 5.55. The predicted octanol–water partition coefficient (Wildman–Crippen LogP) is -0.785. The third kappa shape index (κ3) is 3.65. The van der Waals surface area contributed by atoms with Gasteiger partial charge in [0.2, 0.25) is 0 Å². The summed E-state index contributed by atoms with van der Waals surface area (Å²) in [6.45, 7) is -0.248. The molecule has 1 fully saturated rings. The van der Waals surface area contributed by atoms with Gasteiger partial charge in [-0.1, -0.05) is 0 Å². The van der Waals surface area contributed by atoms with Gasteiger partial charge in [-0.2, -0.15) is 0 Å². The van der Waals surface area contributed by atoms with E-state index in [-0.39, 0.29) is 33.3 Å². The number of benzene rings is 1. The Morgan fingerprint density at radius 3 is 2.52 bits per heavy atom. The molecule has 1 aromatic heterocycles. The van der Waals surface area contributed by atoms with E-state index in [9.17, 15) is 24.9 Å². The van der Waals surface area contributed by atoms with Gasteiger partial charge >= 0.3 is 149 Å². The number of amides is 1. The van der Waals surface area contributed by atoms with Crippen molar-refractivity contribution in [3.63, 3.8) is 0 Å². The number of nitrogens with one attached hydrogen (secondary N) is 1. The van der Waals surface area contributed by atoms with E-state index < -0.39 is 27.7 Å². The first-order valence-corrected chi connectivity index (χ1v) is 9.57. The molecule has 3 rings (SSSR count). The number of nitrogens with zero attached hydrogens (tertiary/aromatic N) is 2. The number of anilines is 1. The van der Waals surface area contributed by atoms with Crippen molar-refractivity contribution in [3.05, 3.63) is 58.6 Å². The van der Waals surface area contributed by atoms with Gasteiger partial charge in [-0.15, -0.1) is 0 Å². The number of aliphatic hydroxyl groups is 3. The quantitative estimate of drug-likeness (QED) is 0.490. The van der Waals surface area contributed by atoms with Crippen LogP contribution in [0.15, 0.2) is 47.4 Å². The van der Waals surface area contributed by atoms with Crippen molar-refractivity contribution in [2.75, 3.05) is 11.9 Å². The number of hydrogen-bond acceptors (Lipinski definition) is 6. The molecule has 0 spiro atoms. The number of carbonyl (C=O) groups excluding carboxylic acids is 1. The Balaban J connectivity index is 1.78. The topological polar surface area (TPSA) is 125 Å². The van der Waals surface area contributed by atoms with E-state index in [0.717, 1.165) is 0 Å². The molecule has 25 heavy (non-hydrogen) atoms. The monoisotopic (exact) mass is 411 g/mol. The van der Waals surface area contributed by atoms with Crippen LogP contribution in [0.3, 0.4) is 0 Å². The van der Waals surface area contributed by atoms with Crippen LogP contribution in [0, 0.1) is 0 Å². The van der Waals surface area contributed by atoms with Gasteiger partial charge in [-0.3, -0.25) is 0 Å². The van der Waals surface area contributed by atoms with E-state index in [2.05, 4.69) is 10.3 Å². The Kier molecular flexibility index (Phi) is 5.31. The van der Waals surface area contributed by atoms with Gasteiger partial charge in [0.15, 0.2) is 0 Å². The summed E-state index contributed by atoms with van der Waals surface area (Å²) >= 11 is -0.367. The maximum atomic E-state index is 12.2. The minimum absolute atomic E-state index is 0.106. The number of hydrogen-bond donors (Lipinski definition) is 4. The molecule has 8 nitrogen and oxygen atoms in total. The molecule has 132 valence electrons. The molecule has 2 heterocycles. The van der Waals surface area contributed by atoms with Gasteiger partial charge in [0, 0.05) is 0 Å². The van der Waals surface area contributed by atoms with Gasteiger partial charge in [0.25, 0.3) is 0 Å². The van der Waals surface area contributed by atoms with E-state index in [4.69, 9.17) is 0 Å². The van der Waals surface area contributed by atoms with Gasteiger partial charge < -0.3 is 0 Å². The summed E-state index contributed by atoms with van der Waals surface area (Å²) < 4.78 is 1.24. The van der Waals surface area contributed by atoms with E-state index in [1.165, 1.54) is 16.8 Å². The van der Waals surface area contributed by atoms with Crippen LogP contribution in [-0.2, 0) is 0 Å². The molecule has 9 heteroatoms. The summed E-state index contributed by atoms with van der Waals surface area (Å²) in [4.78, 5) is 27.1. The molecule has 0 aliphatic carbocycles. The van der Waals surface area contributed by atoms with Crippen LogP contribution in [0.4, 0.5) is 5.82 Å². The second-order valence-corrected chi connectivity index (χ2v) is 8.41. The Bertz CT molecular complexity index is 813. The minimum atomic E-state index is -1.14. The number of aromatic nitrogens is 2. The molecule has 2 aromatic rings. The summed E-state index contributed by atoms with van der Waals surface area (Å²) in [6.07, 6.45) is -0.779. The normalized spacial score (nSPS) is 25.7. The molecule has 1 amide bonds. The van der Waals surface area contributed by atoms with E-state index in [1.807, 2.05) is 0 Å². The van der Waals surface area contributed by atoms with Crippen LogP contribution in [0.5, 0.6) is 0 Å². The number of carbonyl (C=O) groups is 1. The molecule has 1 aromatic carbocycles. The first-order valence-electron chi connectivity index (χ1n) is 7.59. The van der Waals surface area contributed by atoms with Crippen molar-refractivity contribution in [2.24, 2.45) is 0 Å². The zero-order valence-corrected chi connectivity index (χ0v) is 14.7. The van der Waals surface area contributed by atoms with Gasteiger partial charge in [0.1, 0.15) is 0 Å². The zero-order valence-electron chi connectivity index (χ0n) is 13.0. The summed E-state index contributed by atoms with van der Waals surface area (Å²) in [5, 5.41) is 31.8. The van der Waals surface area contributed by atoms with Crippen molar-refractivity contribution in [1.29, 1.82) is 0 Å². The fourth-order valence-electron chi connectivity index (χ4n) is 2.56. The van der Waals surface area contributed by atoms with Crippen LogP contribution < -0.4 is 11.0 Å². The molecule has 0 unspecified atom stereocenters. The van der Waals surface area contributed by atoms with Crippen molar-refractivity contribution in [1.82, 2.24) is 9.55 Å². The molecule has 0 bridgehead atoms. The van der Waals surface area contributed by atoms with E-state index in [0.29, 0.717) is 5.56 Å². The van der Waals surface area contributed by atoms with Gasteiger partial charge in [0.05, 0.1) is 0 Å². The van der Waals surface area contributed by atoms with Crippen LogP contribution in [0.25, 0.3) is 0 Å². The second kappa shape index (κ2) is 7.47. The van der Waals surface area contributed by atoms with Crippen molar-refractivity contribution in [3.8, 4) is 0 Å². The summed E-state index contributed by atoms with van der Waals surface area (Å²) in [5.41, 5.74) is -0.195. The number of rotatable bonds is 4. The van der Waals surface area contributed by atoms with Crippen molar-refractivity contribution >= 4 is 26.7 Å². The number of aliphatic hydroxyl groups excluding tert-OH is 3. The Hall–Kier alpha value is -2.03. The predicted molar refractivity (Wildman–Crippen MR) is 90.5 cm³/mol. The molecular formula is C16H17N3O5Se. The van der Waals surface area contributed by atoms with Crippen LogP contribution in [-0.4, -0.2) is 64.5 Å². The molecule has 1 aliphatic rings. The Morgan fingerprint density at radius 1 is 1.20 bits per heavy atom. The fraction of sp³-hybridized carbons (Fsp3) is 0.312. The molecule has 0 radical (unpaired) electrons. The molecule has 1 aliphatic heterocycles. The molecule has 0 saturated carbocycles. The Morgan fingerprint density at radius 2 is 1.92 bits per heavy atom. The molecular weight excluding hydrogens is 393 g/mol. The van der Waals surface area contributed by atoms with Crippen LogP contribution in [0.2, 0.25) is 4.82 Å². The van der Waals surface area contributed by atoms with Crippen LogP contribution >= 0.6 is 0 Å². The summed E-state index contributed by atoms with van der Waals surface area (Å²) in [6, 6.07) is 10.00. The van der Waals surface area contributed by atoms with Crippen molar-refractivity contribution < 1.29 is 20.1 Å². The molecule has 4 N–H and O–H groups in total. The fourth-order valence-corrected chi connectivity index (χ4v) is 5.46. The standard InChI is InChI=1S/C16H17N3O5Se/c20-8-10-12(21)13(22)15(25-10)19-7-6-11(18-16(19)24)17-14(23)9-4-2-1-3-5-9/h1-7,10,12-13,15,20-22H,8H2,(H,17,18,23,24)/t10-,12-,13-,15-/m1/s1. The average molecular weight is 410 g/mol. The van der Waals surface area contributed by atoms with Crippen molar-refractivity contribution in [2.45, 2.75) is 22.0 Å². The SMILES string of the molecule is O=C(Nc1ccn([C@@H]2[Se][C@H](CO)[C@@H](O)[C@H]2O)c(=O)n1)c1ccccc1. The van der Waals surface area contributed by atoms with Gasteiger partial charge in [-0.25, -0.2) is 0 Å². The zero-order chi connectivity index (χ0) is 18.0. The third-order valence-corrected chi connectivity index (χ3v) is 7.18. The molecule has 1 saturated heterocycles. The third-order valence-electron chi connectivity index (χ3n) is 3.90. The average Bonchev–Trinajstić information content (AvgIpc) is 2.91. The maximum absolute atomic E-state index is 12.2. The first-order chi connectivity index (χ1) is 12.0. The molecule has 4 atom stereocenters. The first kappa shape index (κ1) is 17.8. The van der Waals surface area contributed by atoms with Gasteiger partial charge in [-0.05, 0) is 0 Å². The summed E-state index contributed by atoms with van der Waals surface area (Å²) in [7, 11) is 0. The Labute approximate surface area is 149 Å².